The number of ether oxygens (including phenoxy) is 2. The molecule has 1 aliphatic heterocycles. The predicted molar refractivity (Wildman–Crippen MR) is 119 cm³/mol. The van der Waals surface area contributed by atoms with Crippen LogP contribution < -0.4 is 10.5 Å². The Labute approximate surface area is 190 Å². The van der Waals surface area contributed by atoms with Crippen LogP contribution >= 0.6 is 23.2 Å². The van der Waals surface area contributed by atoms with Crippen molar-refractivity contribution < 1.29 is 14.3 Å². The number of ketones is 1. The molecule has 1 aliphatic carbocycles. The van der Waals surface area contributed by atoms with E-state index in [1.807, 2.05) is 31.2 Å². The fourth-order valence-electron chi connectivity index (χ4n) is 3.91. The Morgan fingerprint density at radius 3 is 2.52 bits per heavy atom. The Morgan fingerprint density at radius 2 is 1.87 bits per heavy atom. The van der Waals surface area contributed by atoms with Crippen LogP contribution in [0.2, 0.25) is 10.0 Å². The number of carbonyl (C=O) groups is 1. The fourth-order valence-corrected chi connectivity index (χ4v) is 4.53. The summed E-state index contributed by atoms with van der Waals surface area (Å²) < 4.78 is 11.5. The van der Waals surface area contributed by atoms with E-state index < -0.39 is 5.92 Å². The normalized spacial score (nSPS) is 18.4. The van der Waals surface area contributed by atoms with Gasteiger partial charge in [0.1, 0.15) is 24.0 Å². The first-order valence-corrected chi connectivity index (χ1v) is 10.7. The van der Waals surface area contributed by atoms with Gasteiger partial charge in [0.05, 0.1) is 16.0 Å². The van der Waals surface area contributed by atoms with Gasteiger partial charge in [0.25, 0.3) is 0 Å². The SMILES string of the molecule is Cc1ccc(COc2c(Cl)cc([C@@H]3C(C#N)=C(N)OC4=C3C(=O)CCC4)cc2Cl)cc1. The third-order valence-electron chi connectivity index (χ3n) is 5.46. The lowest BCUT2D eigenvalue weighted by Gasteiger charge is -2.31. The smallest absolute Gasteiger partial charge is 0.205 e. The van der Waals surface area contributed by atoms with Crippen LogP contribution in [0.25, 0.3) is 0 Å². The van der Waals surface area contributed by atoms with Gasteiger partial charge >= 0.3 is 0 Å². The number of aryl methyl sites for hydroxylation is 1. The largest absolute Gasteiger partial charge is 0.486 e. The van der Waals surface area contributed by atoms with Crippen molar-refractivity contribution >= 4 is 29.0 Å². The third kappa shape index (κ3) is 4.14. The summed E-state index contributed by atoms with van der Waals surface area (Å²) in [6.07, 6.45) is 1.68. The Balaban J connectivity index is 1.69. The number of nitriles is 1. The van der Waals surface area contributed by atoms with E-state index in [0.717, 1.165) is 11.1 Å². The highest BCUT2D eigenvalue weighted by molar-refractivity contribution is 6.37. The molecular weight excluding hydrogens is 435 g/mol. The Hall–Kier alpha value is -2.94. The molecule has 0 spiro atoms. The molecule has 0 aromatic heterocycles. The molecule has 0 amide bonds. The van der Waals surface area contributed by atoms with Crippen molar-refractivity contribution in [1.29, 1.82) is 5.26 Å². The lowest BCUT2D eigenvalue weighted by atomic mass is 9.77. The summed E-state index contributed by atoms with van der Waals surface area (Å²) >= 11 is 13.0. The number of Topliss-reactive ketones (excluding diaryl/α,β-unsaturated/α-hetero) is 1. The number of halogens is 2. The molecule has 0 unspecified atom stereocenters. The molecule has 2 aromatic rings. The summed E-state index contributed by atoms with van der Waals surface area (Å²) in [4.78, 5) is 12.7. The second-order valence-corrected chi connectivity index (χ2v) is 8.44. The highest BCUT2D eigenvalue weighted by Crippen LogP contribution is 2.46. The minimum absolute atomic E-state index is 0.00731. The van der Waals surface area contributed by atoms with Gasteiger partial charge in [0.15, 0.2) is 11.5 Å². The molecule has 0 radical (unpaired) electrons. The van der Waals surface area contributed by atoms with Gasteiger partial charge in [0.2, 0.25) is 5.88 Å². The number of rotatable bonds is 4. The first-order valence-electron chi connectivity index (χ1n) is 9.90. The van der Waals surface area contributed by atoms with Crippen LogP contribution in [0.1, 0.15) is 41.9 Å². The van der Waals surface area contributed by atoms with Crippen molar-refractivity contribution in [3.63, 3.8) is 0 Å². The van der Waals surface area contributed by atoms with Crippen LogP contribution in [0.5, 0.6) is 5.75 Å². The maximum atomic E-state index is 12.7. The Bertz CT molecular complexity index is 1140. The van der Waals surface area contributed by atoms with E-state index in [9.17, 15) is 10.1 Å². The van der Waals surface area contributed by atoms with Crippen molar-refractivity contribution in [2.45, 2.75) is 38.7 Å². The minimum Gasteiger partial charge on any atom is -0.486 e. The summed E-state index contributed by atoms with van der Waals surface area (Å²) in [6, 6.07) is 13.4. The number of allylic oxidation sites excluding steroid dienone is 3. The van der Waals surface area contributed by atoms with Gasteiger partial charge in [-0.05, 0) is 36.6 Å². The molecule has 1 atom stereocenters. The van der Waals surface area contributed by atoms with E-state index in [4.69, 9.17) is 38.4 Å². The number of carbonyl (C=O) groups excluding carboxylic acids is 1. The second-order valence-electron chi connectivity index (χ2n) is 7.63. The van der Waals surface area contributed by atoms with Crippen molar-refractivity contribution in [3.05, 3.63) is 85.9 Å². The number of benzene rings is 2. The summed E-state index contributed by atoms with van der Waals surface area (Å²) in [5, 5.41) is 10.3. The van der Waals surface area contributed by atoms with Crippen LogP contribution in [0.3, 0.4) is 0 Å². The number of nitrogens with zero attached hydrogens (tertiary/aromatic N) is 1. The van der Waals surface area contributed by atoms with E-state index in [1.165, 1.54) is 0 Å². The molecule has 4 rings (SSSR count). The van der Waals surface area contributed by atoms with Crippen molar-refractivity contribution in [1.82, 2.24) is 0 Å². The van der Waals surface area contributed by atoms with Gasteiger partial charge in [-0.2, -0.15) is 5.26 Å². The molecule has 2 N–H and O–H groups in total. The van der Waals surface area contributed by atoms with Crippen LogP contribution in [0.4, 0.5) is 0 Å². The Kier molecular flexibility index (Phi) is 5.95. The molecule has 0 fully saturated rings. The average Bonchev–Trinajstić information content (AvgIpc) is 2.73. The highest BCUT2D eigenvalue weighted by Gasteiger charge is 2.38. The first kappa shape index (κ1) is 21.3. The lowest BCUT2D eigenvalue weighted by molar-refractivity contribution is -0.116. The van der Waals surface area contributed by atoms with E-state index >= 15 is 0 Å². The van der Waals surface area contributed by atoms with E-state index in [-0.39, 0.29) is 17.2 Å². The van der Waals surface area contributed by atoms with Gasteiger partial charge in [-0.25, -0.2) is 0 Å². The van der Waals surface area contributed by atoms with Gasteiger partial charge in [-0.1, -0.05) is 53.0 Å². The molecule has 0 saturated heterocycles. The summed E-state index contributed by atoms with van der Waals surface area (Å²) in [6.45, 7) is 2.32. The molecule has 0 saturated carbocycles. The number of hydrogen-bond acceptors (Lipinski definition) is 5. The average molecular weight is 455 g/mol. The van der Waals surface area contributed by atoms with E-state index in [0.29, 0.717) is 58.6 Å². The van der Waals surface area contributed by atoms with Crippen molar-refractivity contribution in [2.75, 3.05) is 0 Å². The minimum atomic E-state index is -0.664. The maximum Gasteiger partial charge on any atom is 0.205 e. The zero-order chi connectivity index (χ0) is 22.1. The molecule has 1 heterocycles. The summed E-state index contributed by atoms with van der Waals surface area (Å²) in [5.74, 6) is 0.151. The monoisotopic (exact) mass is 454 g/mol. The van der Waals surface area contributed by atoms with Crippen LogP contribution in [-0.4, -0.2) is 5.78 Å². The number of hydrogen-bond donors (Lipinski definition) is 1. The van der Waals surface area contributed by atoms with E-state index in [1.54, 1.807) is 12.1 Å². The molecule has 2 aromatic carbocycles. The quantitative estimate of drug-likeness (QED) is 0.640. The molecule has 7 heteroatoms. The van der Waals surface area contributed by atoms with Crippen molar-refractivity contribution in [2.24, 2.45) is 5.73 Å². The van der Waals surface area contributed by atoms with Gasteiger partial charge < -0.3 is 15.2 Å². The molecule has 2 aliphatic rings. The second kappa shape index (κ2) is 8.66. The highest BCUT2D eigenvalue weighted by atomic mass is 35.5. The summed E-state index contributed by atoms with van der Waals surface area (Å²) in [5.41, 5.74) is 9.37. The topological polar surface area (TPSA) is 85.3 Å². The standard InChI is InChI=1S/C24H20Cl2N2O3/c1-13-5-7-14(8-6-13)12-30-23-17(25)9-15(10-18(23)26)21-16(11-27)24(28)31-20-4-2-3-19(29)22(20)21/h5-10,21H,2-4,12,28H2,1H3/t21-/m1/s1. The zero-order valence-electron chi connectivity index (χ0n) is 16.9. The zero-order valence-corrected chi connectivity index (χ0v) is 18.4. The predicted octanol–water partition coefficient (Wildman–Crippen LogP) is 5.70. The van der Waals surface area contributed by atoms with Crippen molar-refractivity contribution in [3.8, 4) is 11.8 Å². The molecule has 5 nitrogen and oxygen atoms in total. The molecule has 31 heavy (non-hydrogen) atoms. The van der Waals surface area contributed by atoms with E-state index in [2.05, 4.69) is 6.07 Å². The summed E-state index contributed by atoms with van der Waals surface area (Å²) in [7, 11) is 0. The van der Waals surface area contributed by atoms with Crippen LogP contribution in [0.15, 0.2) is 59.2 Å². The fraction of sp³-hybridized carbons (Fsp3) is 0.250. The van der Waals surface area contributed by atoms with Gasteiger partial charge in [-0.3, -0.25) is 4.79 Å². The lowest BCUT2D eigenvalue weighted by Crippen LogP contribution is -2.27. The first-order chi connectivity index (χ1) is 14.9. The van der Waals surface area contributed by atoms with Gasteiger partial charge in [-0.15, -0.1) is 0 Å². The molecule has 158 valence electrons. The molecule has 0 bridgehead atoms. The van der Waals surface area contributed by atoms with Crippen LogP contribution in [0, 0.1) is 18.3 Å². The third-order valence-corrected chi connectivity index (χ3v) is 6.02. The van der Waals surface area contributed by atoms with Gasteiger partial charge in [0, 0.05) is 18.4 Å². The molecular formula is C24H20Cl2N2O3. The number of nitrogens with two attached hydrogens (primary N) is 1. The Morgan fingerprint density at radius 1 is 1.19 bits per heavy atom. The maximum absolute atomic E-state index is 12.7. The van der Waals surface area contributed by atoms with Crippen LogP contribution in [-0.2, 0) is 16.1 Å².